The molecule has 6 nitrogen and oxygen atoms in total. The van der Waals surface area contributed by atoms with Gasteiger partial charge in [-0.15, -0.1) is 0 Å². The van der Waals surface area contributed by atoms with Gasteiger partial charge < -0.3 is 15.4 Å². The number of hydrogen-bond acceptors (Lipinski definition) is 5. The largest absolute Gasteiger partial charge is 0.495 e. The molecular formula is C20H15ClN4O2. The average molecular weight is 379 g/mol. The van der Waals surface area contributed by atoms with Crippen LogP contribution >= 0.6 is 11.6 Å². The van der Waals surface area contributed by atoms with Crippen molar-refractivity contribution in [2.24, 2.45) is 0 Å². The lowest BCUT2D eigenvalue weighted by Gasteiger charge is -2.08. The lowest BCUT2D eigenvalue weighted by atomic mass is 10.2. The molecule has 3 rings (SSSR count). The predicted octanol–water partition coefficient (Wildman–Crippen LogP) is 4.35. The number of pyridine rings is 1. The molecule has 0 bridgehead atoms. The number of nitrogens with one attached hydrogen (secondary N) is 2. The molecule has 134 valence electrons. The van der Waals surface area contributed by atoms with Gasteiger partial charge in [0.2, 0.25) is 0 Å². The molecule has 1 aromatic heterocycles. The van der Waals surface area contributed by atoms with E-state index in [0.717, 1.165) is 10.9 Å². The Morgan fingerprint density at radius 2 is 2.07 bits per heavy atom. The number of hydrogen-bond donors (Lipinski definition) is 2. The van der Waals surface area contributed by atoms with Crippen LogP contribution in [0.25, 0.3) is 10.9 Å². The number of nitriles is 1. The summed E-state index contributed by atoms with van der Waals surface area (Å²) in [5, 5.41) is 16.2. The zero-order valence-corrected chi connectivity index (χ0v) is 15.1. The van der Waals surface area contributed by atoms with Crippen molar-refractivity contribution in [1.82, 2.24) is 4.98 Å². The van der Waals surface area contributed by atoms with Gasteiger partial charge in [0.1, 0.15) is 17.4 Å². The number of nitrogens with zero attached hydrogens (tertiary/aromatic N) is 2. The first-order chi connectivity index (χ1) is 13.1. The van der Waals surface area contributed by atoms with Gasteiger partial charge in [-0.25, -0.2) is 0 Å². The molecule has 0 fully saturated rings. The molecule has 27 heavy (non-hydrogen) atoms. The molecule has 0 saturated heterocycles. The van der Waals surface area contributed by atoms with Crippen LogP contribution < -0.4 is 15.4 Å². The van der Waals surface area contributed by atoms with Gasteiger partial charge in [-0.05, 0) is 30.3 Å². The lowest BCUT2D eigenvalue weighted by molar-refractivity contribution is -0.112. The van der Waals surface area contributed by atoms with Gasteiger partial charge in [-0.2, -0.15) is 5.26 Å². The summed E-state index contributed by atoms with van der Waals surface area (Å²) in [6.07, 6.45) is 3.03. The Bertz CT molecular complexity index is 1070. The second-order valence-corrected chi connectivity index (χ2v) is 5.91. The lowest BCUT2D eigenvalue weighted by Crippen LogP contribution is -2.14. The Labute approximate surface area is 161 Å². The fraction of sp³-hybridized carbons (Fsp3) is 0.0500. The quantitative estimate of drug-likeness (QED) is 0.509. The molecule has 0 saturated carbocycles. The summed E-state index contributed by atoms with van der Waals surface area (Å²) in [6.45, 7) is 0. The highest BCUT2D eigenvalue weighted by atomic mass is 35.5. The summed E-state index contributed by atoms with van der Waals surface area (Å²) < 4.78 is 5.07. The van der Waals surface area contributed by atoms with Crippen molar-refractivity contribution in [3.63, 3.8) is 0 Å². The number of benzene rings is 2. The van der Waals surface area contributed by atoms with Crippen LogP contribution in [0.5, 0.6) is 5.75 Å². The van der Waals surface area contributed by atoms with Gasteiger partial charge in [-0.1, -0.05) is 29.8 Å². The first kappa shape index (κ1) is 18.2. The number of amides is 1. The van der Waals surface area contributed by atoms with Crippen molar-refractivity contribution >= 4 is 39.8 Å². The molecule has 0 aliphatic heterocycles. The predicted molar refractivity (Wildman–Crippen MR) is 106 cm³/mol. The SMILES string of the molecule is COc1ccc(NC(=O)/C(C#N)=C\Nc2cccc3cccnc23)cc1Cl. The van der Waals surface area contributed by atoms with Crippen molar-refractivity contribution in [3.05, 3.63) is 71.5 Å². The number of para-hydroxylation sites is 1. The minimum Gasteiger partial charge on any atom is -0.495 e. The Morgan fingerprint density at radius 3 is 2.81 bits per heavy atom. The second-order valence-electron chi connectivity index (χ2n) is 5.50. The van der Waals surface area contributed by atoms with E-state index in [1.54, 1.807) is 24.4 Å². The topological polar surface area (TPSA) is 87.0 Å². The van der Waals surface area contributed by atoms with Crippen LogP contribution in [0.3, 0.4) is 0 Å². The molecular weight excluding hydrogens is 364 g/mol. The second kappa shape index (κ2) is 8.21. The van der Waals surface area contributed by atoms with E-state index in [2.05, 4.69) is 15.6 Å². The number of methoxy groups -OCH3 is 1. The van der Waals surface area contributed by atoms with Crippen molar-refractivity contribution < 1.29 is 9.53 Å². The number of halogens is 1. The molecule has 2 N–H and O–H groups in total. The Morgan fingerprint density at radius 1 is 1.26 bits per heavy atom. The zero-order chi connectivity index (χ0) is 19.2. The van der Waals surface area contributed by atoms with E-state index in [-0.39, 0.29) is 5.57 Å². The zero-order valence-electron chi connectivity index (χ0n) is 14.4. The Balaban J connectivity index is 1.78. The summed E-state index contributed by atoms with van der Waals surface area (Å²) in [5.41, 5.74) is 1.81. The maximum Gasteiger partial charge on any atom is 0.267 e. The van der Waals surface area contributed by atoms with Gasteiger partial charge in [0, 0.05) is 23.5 Å². The number of carbonyl (C=O) groups is 1. The van der Waals surface area contributed by atoms with Crippen LogP contribution in [-0.2, 0) is 4.79 Å². The van der Waals surface area contributed by atoms with Gasteiger partial charge in [-0.3, -0.25) is 9.78 Å². The Hall–Kier alpha value is -3.56. The van der Waals surface area contributed by atoms with Crippen LogP contribution in [0.4, 0.5) is 11.4 Å². The standard InChI is InChI=1S/C20H15ClN4O2/c1-27-18-8-7-15(10-16(18)21)25-20(26)14(11-22)12-24-17-6-2-4-13-5-3-9-23-19(13)17/h2-10,12,24H,1H3,(H,25,26)/b14-12-. The maximum absolute atomic E-state index is 12.4. The van der Waals surface area contributed by atoms with Crippen LogP contribution in [0.1, 0.15) is 0 Å². The molecule has 0 radical (unpaired) electrons. The van der Waals surface area contributed by atoms with Crippen LogP contribution in [0, 0.1) is 11.3 Å². The highest BCUT2D eigenvalue weighted by Crippen LogP contribution is 2.27. The number of anilines is 2. The van der Waals surface area contributed by atoms with E-state index < -0.39 is 5.91 Å². The molecule has 1 amide bonds. The first-order valence-electron chi connectivity index (χ1n) is 7.98. The van der Waals surface area contributed by atoms with Crippen molar-refractivity contribution in [2.75, 3.05) is 17.7 Å². The highest BCUT2D eigenvalue weighted by Gasteiger charge is 2.11. The molecule has 3 aromatic rings. The van der Waals surface area contributed by atoms with Gasteiger partial charge in [0.25, 0.3) is 5.91 Å². The summed E-state index contributed by atoms with van der Waals surface area (Å²) in [5.74, 6) is -0.0599. The van der Waals surface area contributed by atoms with E-state index in [0.29, 0.717) is 22.1 Å². The molecule has 0 unspecified atom stereocenters. The van der Waals surface area contributed by atoms with E-state index in [9.17, 15) is 10.1 Å². The third kappa shape index (κ3) is 4.17. The summed E-state index contributed by atoms with van der Waals surface area (Å²) in [7, 11) is 1.50. The van der Waals surface area contributed by atoms with Gasteiger partial charge >= 0.3 is 0 Å². The first-order valence-corrected chi connectivity index (χ1v) is 8.35. The number of ether oxygens (including phenoxy) is 1. The summed E-state index contributed by atoms with van der Waals surface area (Å²) in [4.78, 5) is 16.7. The molecule has 7 heteroatoms. The molecule has 0 atom stereocenters. The number of carbonyl (C=O) groups excluding carboxylic acids is 1. The highest BCUT2D eigenvalue weighted by molar-refractivity contribution is 6.32. The monoisotopic (exact) mass is 378 g/mol. The Kier molecular flexibility index (Phi) is 5.55. The fourth-order valence-corrected chi connectivity index (χ4v) is 2.72. The molecule has 0 aliphatic carbocycles. The minimum atomic E-state index is -0.556. The van der Waals surface area contributed by atoms with Crippen LogP contribution in [0.15, 0.2) is 66.5 Å². The third-order valence-electron chi connectivity index (χ3n) is 3.78. The van der Waals surface area contributed by atoms with E-state index in [1.165, 1.54) is 13.3 Å². The fourth-order valence-electron chi connectivity index (χ4n) is 2.46. The minimum absolute atomic E-state index is 0.0881. The smallest absolute Gasteiger partial charge is 0.267 e. The third-order valence-corrected chi connectivity index (χ3v) is 4.07. The van der Waals surface area contributed by atoms with Gasteiger partial charge in [0.15, 0.2) is 0 Å². The van der Waals surface area contributed by atoms with Crippen LogP contribution in [0.2, 0.25) is 5.02 Å². The maximum atomic E-state index is 12.4. The summed E-state index contributed by atoms with van der Waals surface area (Å²) >= 11 is 6.05. The van der Waals surface area contributed by atoms with Crippen molar-refractivity contribution in [3.8, 4) is 11.8 Å². The van der Waals surface area contributed by atoms with Crippen molar-refractivity contribution in [2.45, 2.75) is 0 Å². The number of fused-ring (bicyclic) bond motifs is 1. The molecule has 0 spiro atoms. The van der Waals surface area contributed by atoms with E-state index in [1.807, 2.05) is 36.4 Å². The molecule has 2 aromatic carbocycles. The van der Waals surface area contributed by atoms with Gasteiger partial charge in [0.05, 0.1) is 23.3 Å². The normalized spacial score (nSPS) is 10.9. The van der Waals surface area contributed by atoms with E-state index >= 15 is 0 Å². The average Bonchev–Trinajstić information content (AvgIpc) is 2.68. The van der Waals surface area contributed by atoms with Crippen LogP contribution in [-0.4, -0.2) is 18.0 Å². The number of rotatable bonds is 5. The molecule has 0 aliphatic rings. The van der Waals surface area contributed by atoms with Crippen molar-refractivity contribution in [1.29, 1.82) is 5.26 Å². The number of aromatic nitrogens is 1. The molecule has 1 heterocycles. The van der Waals surface area contributed by atoms with E-state index in [4.69, 9.17) is 16.3 Å². The summed E-state index contributed by atoms with van der Waals surface area (Å²) in [6, 6.07) is 16.1.